The highest BCUT2D eigenvalue weighted by Gasteiger charge is 2.34. The van der Waals surface area contributed by atoms with E-state index < -0.39 is 17.8 Å². The predicted octanol–water partition coefficient (Wildman–Crippen LogP) is 3.62. The molecule has 126 valence electrons. The van der Waals surface area contributed by atoms with Crippen molar-refractivity contribution in [2.75, 3.05) is 0 Å². The molecule has 1 fully saturated rings. The van der Waals surface area contributed by atoms with Crippen molar-refractivity contribution in [3.8, 4) is 0 Å². The lowest BCUT2D eigenvalue weighted by molar-refractivity contribution is -0.200. The maximum atomic E-state index is 12.1. The Morgan fingerprint density at radius 2 is 1.73 bits per heavy atom. The van der Waals surface area contributed by atoms with Crippen LogP contribution in [0, 0.1) is 11.8 Å². The van der Waals surface area contributed by atoms with E-state index in [1.807, 2.05) is 6.92 Å². The summed E-state index contributed by atoms with van der Waals surface area (Å²) in [5, 5.41) is 0.648. The number of hydroxylamine groups is 2. The number of unbranched alkanes of at least 4 members (excludes halogenated alkanes) is 2. The number of imide groups is 1. The molecule has 0 aromatic carbocycles. The van der Waals surface area contributed by atoms with Crippen molar-refractivity contribution >= 4 is 17.8 Å². The van der Waals surface area contributed by atoms with Crippen LogP contribution >= 0.6 is 0 Å². The lowest BCUT2D eigenvalue weighted by Crippen LogP contribution is -2.34. The molecule has 0 N–H and O–H groups in total. The van der Waals surface area contributed by atoms with Gasteiger partial charge in [-0.15, -0.1) is 5.06 Å². The van der Waals surface area contributed by atoms with Gasteiger partial charge in [-0.2, -0.15) is 0 Å². The van der Waals surface area contributed by atoms with Crippen molar-refractivity contribution in [2.24, 2.45) is 11.8 Å². The first-order valence-corrected chi connectivity index (χ1v) is 8.57. The molecule has 1 rings (SSSR count). The van der Waals surface area contributed by atoms with E-state index in [1.165, 1.54) is 25.7 Å². The van der Waals surface area contributed by atoms with Gasteiger partial charge in [-0.1, -0.05) is 46.5 Å². The standard InChI is InChI=1S/C17H29NO4/c1-4-6-7-8-13(3)9-10-14(5-2)17(21)22-18-15(19)11-12-16(18)20/h13-14H,4-12H2,1-3H3. The van der Waals surface area contributed by atoms with Crippen LogP contribution in [0.5, 0.6) is 0 Å². The second-order valence-corrected chi connectivity index (χ2v) is 6.28. The second-order valence-electron chi connectivity index (χ2n) is 6.28. The van der Waals surface area contributed by atoms with Crippen LogP contribution in [0.2, 0.25) is 0 Å². The quantitative estimate of drug-likeness (QED) is 0.456. The molecule has 1 heterocycles. The van der Waals surface area contributed by atoms with E-state index in [2.05, 4.69) is 13.8 Å². The molecule has 1 saturated heterocycles. The van der Waals surface area contributed by atoms with E-state index in [1.54, 1.807) is 0 Å². The molecule has 0 aromatic heterocycles. The third kappa shape index (κ3) is 5.78. The minimum atomic E-state index is -0.452. The molecule has 1 aliphatic heterocycles. The number of rotatable bonds is 10. The van der Waals surface area contributed by atoms with Crippen molar-refractivity contribution < 1.29 is 19.2 Å². The fourth-order valence-corrected chi connectivity index (χ4v) is 2.68. The fourth-order valence-electron chi connectivity index (χ4n) is 2.68. The number of carbonyl (C=O) groups is 3. The number of carbonyl (C=O) groups excluding carboxylic acids is 3. The SMILES string of the molecule is CCCCCC(C)CCC(CC)C(=O)ON1C(=O)CCC1=O. The molecule has 0 spiro atoms. The van der Waals surface area contributed by atoms with E-state index in [-0.39, 0.29) is 18.8 Å². The van der Waals surface area contributed by atoms with Gasteiger partial charge in [0, 0.05) is 12.8 Å². The number of nitrogens with zero attached hydrogens (tertiary/aromatic N) is 1. The Morgan fingerprint density at radius 1 is 1.09 bits per heavy atom. The van der Waals surface area contributed by atoms with E-state index in [4.69, 9.17) is 4.84 Å². The first-order chi connectivity index (χ1) is 10.5. The molecule has 2 amide bonds. The lowest BCUT2D eigenvalue weighted by atomic mass is 9.92. The molecule has 0 aliphatic carbocycles. The zero-order valence-electron chi connectivity index (χ0n) is 14.1. The summed E-state index contributed by atoms with van der Waals surface area (Å²) in [5.41, 5.74) is 0. The molecule has 2 unspecified atom stereocenters. The van der Waals surface area contributed by atoms with E-state index in [0.717, 1.165) is 12.8 Å². The van der Waals surface area contributed by atoms with E-state index in [9.17, 15) is 14.4 Å². The van der Waals surface area contributed by atoms with Gasteiger partial charge < -0.3 is 4.84 Å². The van der Waals surface area contributed by atoms with Crippen molar-refractivity contribution in [3.63, 3.8) is 0 Å². The topological polar surface area (TPSA) is 63.7 Å². The molecule has 2 atom stereocenters. The average Bonchev–Trinajstić information content (AvgIpc) is 2.80. The van der Waals surface area contributed by atoms with Gasteiger partial charge in [0.1, 0.15) is 0 Å². The smallest absolute Gasteiger partial charge is 0.330 e. The van der Waals surface area contributed by atoms with Gasteiger partial charge >= 0.3 is 5.97 Å². The average molecular weight is 311 g/mol. The van der Waals surface area contributed by atoms with Crippen LogP contribution in [0.3, 0.4) is 0 Å². The monoisotopic (exact) mass is 311 g/mol. The van der Waals surface area contributed by atoms with Crippen LogP contribution in [0.4, 0.5) is 0 Å². The Hall–Kier alpha value is -1.39. The first-order valence-electron chi connectivity index (χ1n) is 8.57. The summed E-state index contributed by atoms with van der Waals surface area (Å²) >= 11 is 0. The van der Waals surface area contributed by atoms with Gasteiger partial charge in [0.05, 0.1) is 5.92 Å². The molecular weight excluding hydrogens is 282 g/mol. The highest BCUT2D eigenvalue weighted by atomic mass is 16.7. The molecule has 22 heavy (non-hydrogen) atoms. The summed E-state index contributed by atoms with van der Waals surface area (Å²) in [6.07, 6.45) is 7.54. The normalized spacial score (nSPS) is 17.7. The van der Waals surface area contributed by atoms with Crippen LogP contribution in [0.15, 0.2) is 0 Å². The van der Waals surface area contributed by atoms with Gasteiger partial charge in [0.15, 0.2) is 0 Å². The van der Waals surface area contributed by atoms with Gasteiger partial charge in [-0.3, -0.25) is 9.59 Å². The Balaban J connectivity index is 2.38. The lowest BCUT2D eigenvalue weighted by Gasteiger charge is -2.19. The maximum Gasteiger partial charge on any atom is 0.336 e. The highest BCUT2D eigenvalue weighted by molar-refractivity contribution is 6.01. The Bertz CT molecular complexity index is 378. The Morgan fingerprint density at radius 3 is 2.27 bits per heavy atom. The van der Waals surface area contributed by atoms with Crippen molar-refractivity contribution in [1.82, 2.24) is 5.06 Å². The summed E-state index contributed by atoms with van der Waals surface area (Å²) in [7, 11) is 0. The molecule has 0 saturated carbocycles. The summed E-state index contributed by atoms with van der Waals surface area (Å²) in [6, 6.07) is 0. The zero-order valence-corrected chi connectivity index (χ0v) is 14.1. The largest absolute Gasteiger partial charge is 0.336 e. The van der Waals surface area contributed by atoms with Crippen molar-refractivity contribution in [2.45, 2.75) is 78.6 Å². The maximum absolute atomic E-state index is 12.1. The number of hydrogen-bond acceptors (Lipinski definition) is 4. The molecule has 5 nitrogen and oxygen atoms in total. The van der Waals surface area contributed by atoms with Gasteiger partial charge in [0.25, 0.3) is 11.8 Å². The van der Waals surface area contributed by atoms with Crippen LogP contribution in [0.25, 0.3) is 0 Å². The van der Waals surface area contributed by atoms with Gasteiger partial charge in [0.2, 0.25) is 0 Å². The third-order valence-corrected chi connectivity index (χ3v) is 4.32. The van der Waals surface area contributed by atoms with E-state index in [0.29, 0.717) is 17.4 Å². The minimum Gasteiger partial charge on any atom is -0.330 e. The Labute approximate surface area is 133 Å². The van der Waals surface area contributed by atoms with Crippen LogP contribution in [0.1, 0.15) is 78.6 Å². The predicted molar refractivity (Wildman–Crippen MR) is 83.5 cm³/mol. The third-order valence-electron chi connectivity index (χ3n) is 4.32. The fraction of sp³-hybridized carbons (Fsp3) is 0.824. The van der Waals surface area contributed by atoms with E-state index >= 15 is 0 Å². The molecule has 5 heteroatoms. The summed E-state index contributed by atoms with van der Waals surface area (Å²) < 4.78 is 0. The van der Waals surface area contributed by atoms with Crippen molar-refractivity contribution in [1.29, 1.82) is 0 Å². The molecule has 1 aliphatic rings. The Kier molecular flexibility index (Phi) is 8.13. The number of hydrogen-bond donors (Lipinski definition) is 0. The van der Waals surface area contributed by atoms with Gasteiger partial charge in [-0.05, 0) is 25.2 Å². The molecular formula is C17H29NO4. The zero-order chi connectivity index (χ0) is 16.5. The molecule has 0 bridgehead atoms. The second kappa shape index (κ2) is 9.59. The molecule has 0 aromatic rings. The summed E-state index contributed by atoms with van der Waals surface area (Å²) in [4.78, 5) is 40.1. The minimum absolute atomic E-state index is 0.136. The molecule has 0 radical (unpaired) electrons. The van der Waals surface area contributed by atoms with Crippen LogP contribution in [-0.2, 0) is 19.2 Å². The van der Waals surface area contributed by atoms with Crippen LogP contribution in [-0.4, -0.2) is 22.8 Å². The number of amides is 2. The summed E-state index contributed by atoms with van der Waals surface area (Å²) in [5.74, 6) is -0.938. The van der Waals surface area contributed by atoms with Crippen molar-refractivity contribution in [3.05, 3.63) is 0 Å². The summed E-state index contributed by atoms with van der Waals surface area (Å²) in [6.45, 7) is 6.33. The highest BCUT2D eigenvalue weighted by Crippen LogP contribution is 2.22. The van der Waals surface area contributed by atoms with Crippen LogP contribution < -0.4 is 0 Å². The van der Waals surface area contributed by atoms with Gasteiger partial charge in [-0.25, -0.2) is 4.79 Å². The first kappa shape index (κ1) is 18.7.